The average molecular weight is 384 g/mol. The Balaban J connectivity index is 2.14. The summed E-state index contributed by atoms with van der Waals surface area (Å²) < 4.78 is 0. The van der Waals surface area contributed by atoms with Crippen molar-refractivity contribution in [2.45, 2.75) is 117 Å². The molecular formula is C23H45NO3. The molecule has 6 atom stereocenters. The van der Waals surface area contributed by atoms with Crippen molar-refractivity contribution in [1.82, 2.24) is 5.32 Å². The first-order valence-electron chi connectivity index (χ1n) is 11.1. The van der Waals surface area contributed by atoms with Crippen LogP contribution in [0.3, 0.4) is 0 Å². The molecule has 0 saturated heterocycles. The van der Waals surface area contributed by atoms with Gasteiger partial charge in [0.2, 0.25) is 0 Å². The zero-order chi connectivity index (χ0) is 20.7. The average Bonchev–Trinajstić information content (AvgIpc) is 2.50. The molecule has 0 amide bonds. The summed E-state index contributed by atoms with van der Waals surface area (Å²) in [5.74, 6) is 0.765. The lowest BCUT2D eigenvalue weighted by Gasteiger charge is -2.61. The minimum atomic E-state index is -1.15. The van der Waals surface area contributed by atoms with Gasteiger partial charge < -0.3 is 20.6 Å². The van der Waals surface area contributed by atoms with E-state index in [-0.39, 0.29) is 17.4 Å². The standard InChI is InChI=1S/C23H45NO3/c1-16(2)24-15-19(25)23(7,27)14-10-18-21(5)12-8-11-20(3,4)17(21)9-13-22(18,6)26/h16-19,24-27H,8-15H2,1-7H3/t17-,18-,19+,21+,22-,23-/m1/s1. The number of hydrogen-bond donors (Lipinski definition) is 4. The van der Waals surface area contributed by atoms with Gasteiger partial charge in [0, 0.05) is 12.6 Å². The van der Waals surface area contributed by atoms with Gasteiger partial charge in [-0.25, -0.2) is 0 Å². The molecular weight excluding hydrogens is 338 g/mol. The van der Waals surface area contributed by atoms with E-state index >= 15 is 0 Å². The molecule has 0 aliphatic heterocycles. The second kappa shape index (κ2) is 7.93. The quantitative estimate of drug-likeness (QED) is 0.538. The maximum atomic E-state index is 11.3. The van der Waals surface area contributed by atoms with Crippen molar-refractivity contribution in [3.63, 3.8) is 0 Å². The molecule has 0 aromatic rings. The molecule has 160 valence electrons. The van der Waals surface area contributed by atoms with Gasteiger partial charge in [0.15, 0.2) is 0 Å². The molecule has 0 bridgehead atoms. The van der Waals surface area contributed by atoms with Gasteiger partial charge in [0.25, 0.3) is 0 Å². The van der Waals surface area contributed by atoms with Crippen LogP contribution in [0, 0.1) is 22.7 Å². The van der Waals surface area contributed by atoms with Crippen molar-refractivity contribution in [3.05, 3.63) is 0 Å². The Hall–Kier alpha value is -0.160. The fraction of sp³-hybridized carbons (Fsp3) is 1.00. The number of nitrogens with one attached hydrogen (secondary N) is 1. The lowest BCUT2D eigenvalue weighted by molar-refractivity contribution is -0.175. The Labute approximate surface area is 167 Å². The van der Waals surface area contributed by atoms with E-state index in [4.69, 9.17) is 0 Å². The zero-order valence-corrected chi connectivity index (χ0v) is 18.8. The van der Waals surface area contributed by atoms with E-state index < -0.39 is 17.3 Å². The largest absolute Gasteiger partial charge is 0.390 e. The fourth-order valence-electron chi connectivity index (χ4n) is 6.44. The Morgan fingerprint density at radius 2 is 1.74 bits per heavy atom. The highest BCUT2D eigenvalue weighted by atomic mass is 16.3. The van der Waals surface area contributed by atoms with Gasteiger partial charge in [-0.2, -0.15) is 0 Å². The molecule has 4 heteroatoms. The predicted molar refractivity (Wildman–Crippen MR) is 112 cm³/mol. The van der Waals surface area contributed by atoms with Crippen LogP contribution in [0.2, 0.25) is 0 Å². The van der Waals surface area contributed by atoms with Crippen LogP contribution in [0.1, 0.15) is 93.4 Å². The highest BCUT2D eigenvalue weighted by Crippen LogP contribution is 2.63. The van der Waals surface area contributed by atoms with Crippen molar-refractivity contribution >= 4 is 0 Å². The summed E-state index contributed by atoms with van der Waals surface area (Å²) >= 11 is 0. The maximum Gasteiger partial charge on any atom is 0.0948 e. The van der Waals surface area contributed by atoms with Gasteiger partial charge in [-0.05, 0) is 75.0 Å². The number of hydrogen-bond acceptors (Lipinski definition) is 4. The number of fused-ring (bicyclic) bond motifs is 1. The van der Waals surface area contributed by atoms with Gasteiger partial charge in [-0.3, -0.25) is 0 Å². The van der Waals surface area contributed by atoms with Crippen molar-refractivity contribution in [3.8, 4) is 0 Å². The molecule has 2 aliphatic rings. The van der Waals surface area contributed by atoms with E-state index in [1.165, 1.54) is 12.8 Å². The SMILES string of the molecule is CC(C)NC[C@H](O)[C@](C)(O)CC[C@@H]1[C@@]2(C)CCCC(C)(C)[C@H]2CC[C@@]1(C)O. The molecule has 2 rings (SSSR count). The summed E-state index contributed by atoms with van der Waals surface area (Å²) in [6.07, 6.45) is 6.01. The molecule has 2 fully saturated rings. The molecule has 4 nitrogen and oxygen atoms in total. The first kappa shape index (κ1) is 23.1. The molecule has 2 aliphatic carbocycles. The van der Waals surface area contributed by atoms with Gasteiger partial charge in [-0.1, -0.05) is 41.0 Å². The molecule has 0 spiro atoms. The second-order valence-corrected chi connectivity index (χ2v) is 11.3. The van der Waals surface area contributed by atoms with Crippen LogP contribution < -0.4 is 5.32 Å². The third-order valence-corrected chi connectivity index (χ3v) is 8.14. The molecule has 0 unspecified atom stereocenters. The van der Waals surface area contributed by atoms with Crippen LogP contribution >= 0.6 is 0 Å². The number of aliphatic hydroxyl groups excluding tert-OH is 1. The maximum absolute atomic E-state index is 11.3. The highest BCUT2D eigenvalue weighted by Gasteiger charge is 2.57. The molecule has 27 heavy (non-hydrogen) atoms. The van der Waals surface area contributed by atoms with E-state index in [0.717, 1.165) is 25.7 Å². The van der Waals surface area contributed by atoms with E-state index in [9.17, 15) is 15.3 Å². The van der Waals surface area contributed by atoms with Gasteiger partial charge in [0.1, 0.15) is 0 Å². The summed E-state index contributed by atoms with van der Waals surface area (Å²) in [6.45, 7) is 15.3. The van der Waals surface area contributed by atoms with Gasteiger partial charge in [-0.15, -0.1) is 0 Å². The molecule has 0 aromatic carbocycles. The van der Waals surface area contributed by atoms with Crippen LogP contribution in [0.15, 0.2) is 0 Å². The minimum absolute atomic E-state index is 0.0979. The van der Waals surface area contributed by atoms with Crippen LogP contribution in [0.4, 0.5) is 0 Å². The molecule has 0 aromatic heterocycles. The number of aliphatic hydroxyl groups is 3. The Kier molecular flexibility index (Phi) is 6.79. The summed E-state index contributed by atoms with van der Waals surface area (Å²) in [4.78, 5) is 0. The summed E-state index contributed by atoms with van der Waals surface area (Å²) in [6, 6.07) is 0.277. The fourth-order valence-corrected chi connectivity index (χ4v) is 6.44. The lowest BCUT2D eigenvalue weighted by Crippen LogP contribution is -2.58. The van der Waals surface area contributed by atoms with Crippen molar-refractivity contribution in [2.75, 3.05) is 6.54 Å². The van der Waals surface area contributed by atoms with Crippen LogP contribution in [0.5, 0.6) is 0 Å². The van der Waals surface area contributed by atoms with E-state index in [1.54, 1.807) is 6.92 Å². The molecule has 0 radical (unpaired) electrons. The topological polar surface area (TPSA) is 72.7 Å². The van der Waals surface area contributed by atoms with Crippen LogP contribution in [-0.4, -0.2) is 45.2 Å². The van der Waals surface area contributed by atoms with E-state index in [1.807, 2.05) is 20.8 Å². The second-order valence-electron chi connectivity index (χ2n) is 11.3. The first-order valence-corrected chi connectivity index (χ1v) is 11.1. The van der Waals surface area contributed by atoms with E-state index in [2.05, 4.69) is 26.1 Å². The van der Waals surface area contributed by atoms with E-state index in [0.29, 0.717) is 24.3 Å². The highest BCUT2D eigenvalue weighted by molar-refractivity contribution is 5.07. The smallest absolute Gasteiger partial charge is 0.0948 e. The zero-order valence-electron chi connectivity index (χ0n) is 18.8. The number of rotatable bonds is 7. The normalized spacial score (nSPS) is 39.7. The monoisotopic (exact) mass is 383 g/mol. The van der Waals surface area contributed by atoms with Gasteiger partial charge >= 0.3 is 0 Å². The Morgan fingerprint density at radius 3 is 2.33 bits per heavy atom. The van der Waals surface area contributed by atoms with Crippen molar-refractivity contribution in [2.24, 2.45) is 22.7 Å². The van der Waals surface area contributed by atoms with Crippen LogP contribution in [0.25, 0.3) is 0 Å². The molecule has 4 N–H and O–H groups in total. The van der Waals surface area contributed by atoms with Gasteiger partial charge in [0.05, 0.1) is 17.3 Å². The lowest BCUT2D eigenvalue weighted by atomic mass is 9.45. The summed E-state index contributed by atoms with van der Waals surface area (Å²) in [7, 11) is 0. The Morgan fingerprint density at radius 1 is 1.11 bits per heavy atom. The minimum Gasteiger partial charge on any atom is -0.390 e. The third kappa shape index (κ3) is 4.88. The Bertz CT molecular complexity index is 500. The van der Waals surface area contributed by atoms with Crippen LogP contribution in [-0.2, 0) is 0 Å². The summed E-state index contributed by atoms with van der Waals surface area (Å²) in [5.41, 5.74) is -1.44. The summed E-state index contributed by atoms with van der Waals surface area (Å²) in [5, 5.41) is 35.9. The third-order valence-electron chi connectivity index (χ3n) is 8.14. The molecule has 0 heterocycles. The first-order chi connectivity index (χ1) is 12.2. The van der Waals surface area contributed by atoms with Crippen molar-refractivity contribution < 1.29 is 15.3 Å². The molecule has 2 saturated carbocycles. The van der Waals surface area contributed by atoms with Crippen molar-refractivity contribution in [1.29, 1.82) is 0 Å². The predicted octanol–water partition coefficient (Wildman–Crippen LogP) is 3.87.